The molecule has 0 aliphatic heterocycles. The van der Waals surface area contributed by atoms with Crippen LogP contribution in [0.5, 0.6) is 0 Å². The minimum absolute atomic E-state index is 0.0273. The molecule has 33 heavy (non-hydrogen) atoms. The Morgan fingerprint density at radius 3 is 2.18 bits per heavy atom. The van der Waals surface area contributed by atoms with Gasteiger partial charge >= 0.3 is 5.97 Å². The van der Waals surface area contributed by atoms with Crippen LogP contribution in [-0.2, 0) is 18.4 Å². The van der Waals surface area contributed by atoms with E-state index in [0.717, 1.165) is 38.5 Å². The molecule has 2 unspecified atom stereocenters. The van der Waals surface area contributed by atoms with Crippen LogP contribution in [0.25, 0.3) is 0 Å². The Morgan fingerprint density at radius 1 is 0.970 bits per heavy atom. The summed E-state index contributed by atoms with van der Waals surface area (Å²) in [5.74, 6) is 1.20. The van der Waals surface area contributed by atoms with Crippen LogP contribution in [0.2, 0.25) is 39.3 Å². The lowest BCUT2D eigenvalue weighted by Crippen LogP contribution is -2.65. The Labute approximate surface area is 204 Å². The predicted molar refractivity (Wildman–Crippen MR) is 139 cm³/mol. The fourth-order valence-corrected chi connectivity index (χ4v) is 11.2. The predicted octanol–water partition coefficient (Wildman–Crippen LogP) is 6.79. The highest BCUT2D eigenvalue weighted by molar-refractivity contribution is 6.70. The van der Waals surface area contributed by atoms with Crippen LogP contribution in [0.4, 0.5) is 0 Å². The van der Waals surface area contributed by atoms with Crippen molar-refractivity contribution in [1.29, 1.82) is 0 Å². The summed E-state index contributed by atoms with van der Waals surface area (Å²) < 4.78 is 19.3. The summed E-state index contributed by atoms with van der Waals surface area (Å²) in [6.45, 7) is 23.2. The van der Waals surface area contributed by atoms with Crippen molar-refractivity contribution in [3.05, 3.63) is 12.2 Å². The minimum Gasteiger partial charge on any atom is -0.469 e. The van der Waals surface area contributed by atoms with E-state index < -0.39 is 22.0 Å². The van der Waals surface area contributed by atoms with Gasteiger partial charge in [0, 0.05) is 11.3 Å². The lowest BCUT2D eigenvalue weighted by Gasteiger charge is -2.66. The smallest absolute Gasteiger partial charge is 0.311 e. The summed E-state index contributed by atoms with van der Waals surface area (Å²) in [6, 6.07) is 0. The number of hydrogen-bond donors (Lipinski definition) is 0. The molecule has 4 nitrogen and oxygen atoms in total. The van der Waals surface area contributed by atoms with Crippen LogP contribution >= 0.6 is 0 Å². The van der Waals surface area contributed by atoms with Crippen molar-refractivity contribution in [1.82, 2.24) is 0 Å². The van der Waals surface area contributed by atoms with Crippen molar-refractivity contribution in [2.45, 2.75) is 110 Å². The van der Waals surface area contributed by atoms with E-state index in [0.29, 0.717) is 11.8 Å². The lowest BCUT2D eigenvalue weighted by atomic mass is 9.40. The zero-order chi connectivity index (χ0) is 24.6. The van der Waals surface area contributed by atoms with Crippen molar-refractivity contribution >= 4 is 22.6 Å². The molecule has 2 bridgehead atoms. The molecule has 188 valence electrons. The Bertz CT molecular complexity index is 814. The van der Waals surface area contributed by atoms with Gasteiger partial charge in [-0.2, -0.15) is 0 Å². The van der Waals surface area contributed by atoms with Gasteiger partial charge in [0.1, 0.15) is 0 Å². The highest BCUT2D eigenvalue weighted by Gasteiger charge is 2.70. The second kappa shape index (κ2) is 8.04. The molecule has 0 heterocycles. The summed E-state index contributed by atoms with van der Waals surface area (Å²) >= 11 is 0. The van der Waals surface area contributed by atoms with Gasteiger partial charge in [-0.15, -0.1) is 0 Å². The molecular weight excluding hydrogens is 444 g/mol. The molecule has 8 atom stereocenters. The first-order chi connectivity index (χ1) is 15.1. The van der Waals surface area contributed by atoms with Gasteiger partial charge in [0.25, 0.3) is 0 Å². The van der Waals surface area contributed by atoms with Gasteiger partial charge in [-0.25, -0.2) is 0 Å². The molecule has 0 aromatic carbocycles. The molecule has 4 fully saturated rings. The van der Waals surface area contributed by atoms with Gasteiger partial charge in [0.15, 0.2) is 16.6 Å². The molecule has 1 spiro atoms. The lowest BCUT2D eigenvalue weighted by molar-refractivity contribution is -0.213. The van der Waals surface area contributed by atoms with Gasteiger partial charge in [0.2, 0.25) is 0 Å². The minimum atomic E-state index is -1.78. The summed E-state index contributed by atoms with van der Waals surface area (Å²) in [6.07, 6.45) is 7.94. The number of carbonyl (C=O) groups excluding carboxylic acids is 1. The standard InChI is InChI=1S/C27H48O4Si2/c1-18-16-27-17-19(18)20(30-32(5,6)7)14-22(27)25(2)12-11-13-26(3,24(28)29-4)21(25)15-23(27)31-33(8,9)10/h19-23H,1,11-17H2,2-10H3/t19-,20+,21?,22?,23-,25-,26-,27+/m0/s1. The molecule has 0 N–H and O–H groups in total. The normalized spacial score (nSPS) is 45.4. The number of hydrogen-bond acceptors (Lipinski definition) is 4. The van der Waals surface area contributed by atoms with Crippen molar-refractivity contribution < 1.29 is 18.4 Å². The quantitative estimate of drug-likeness (QED) is 0.241. The largest absolute Gasteiger partial charge is 0.469 e. The maximum Gasteiger partial charge on any atom is 0.311 e. The van der Waals surface area contributed by atoms with Crippen LogP contribution in [0.15, 0.2) is 12.2 Å². The van der Waals surface area contributed by atoms with E-state index in [1.54, 1.807) is 7.11 Å². The van der Waals surface area contributed by atoms with E-state index in [2.05, 4.69) is 59.7 Å². The molecule has 0 saturated heterocycles. The van der Waals surface area contributed by atoms with Crippen molar-refractivity contribution in [3.63, 3.8) is 0 Å². The molecule has 0 amide bonds. The molecule has 0 radical (unpaired) electrons. The molecule has 6 heteroatoms. The third-order valence-corrected chi connectivity index (χ3v) is 11.8. The monoisotopic (exact) mass is 492 g/mol. The van der Waals surface area contributed by atoms with E-state index in [4.69, 9.17) is 13.6 Å². The summed E-state index contributed by atoms with van der Waals surface area (Å²) in [7, 11) is -1.90. The van der Waals surface area contributed by atoms with E-state index in [9.17, 15) is 4.79 Å². The van der Waals surface area contributed by atoms with E-state index in [1.165, 1.54) is 12.0 Å². The summed E-state index contributed by atoms with van der Waals surface area (Å²) in [5.41, 5.74) is 1.18. The fourth-order valence-electron chi connectivity index (χ4n) is 8.83. The first-order valence-electron chi connectivity index (χ1n) is 13.2. The summed E-state index contributed by atoms with van der Waals surface area (Å²) in [5, 5.41) is 0. The topological polar surface area (TPSA) is 44.8 Å². The number of ether oxygens (including phenoxy) is 1. The van der Waals surface area contributed by atoms with Gasteiger partial charge in [-0.3, -0.25) is 4.79 Å². The van der Waals surface area contributed by atoms with Crippen LogP contribution in [0.3, 0.4) is 0 Å². The number of fused-ring (bicyclic) bond motifs is 3. The van der Waals surface area contributed by atoms with Gasteiger partial charge in [-0.05, 0) is 102 Å². The first-order valence-corrected chi connectivity index (χ1v) is 20.0. The SMILES string of the molecule is C=C1C[C@@]23C[C@@H]1[C@H](O[Si](C)(C)C)CC2[C@@]1(C)CCC[C@](C)(C(=O)OC)C1C[C@@H]3O[Si](C)(C)C. The zero-order valence-corrected chi connectivity index (χ0v) is 24.7. The van der Waals surface area contributed by atoms with Crippen LogP contribution in [0.1, 0.15) is 58.8 Å². The van der Waals surface area contributed by atoms with Gasteiger partial charge in [-0.1, -0.05) is 25.5 Å². The van der Waals surface area contributed by atoms with E-state index >= 15 is 0 Å². The third-order valence-electron chi connectivity index (χ3n) is 9.81. The second-order valence-corrected chi connectivity index (χ2v) is 23.1. The maximum absolute atomic E-state index is 13.2. The third kappa shape index (κ3) is 4.15. The van der Waals surface area contributed by atoms with Gasteiger partial charge < -0.3 is 13.6 Å². The molecule has 4 rings (SSSR count). The van der Waals surface area contributed by atoms with E-state index in [1.807, 2.05) is 0 Å². The Balaban J connectivity index is 1.82. The van der Waals surface area contributed by atoms with Gasteiger partial charge in [0.05, 0.1) is 24.7 Å². The van der Waals surface area contributed by atoms with Crippen LogP contribution < -0.4 is 0 Å². The Hall–Kier alpha value is -0.436. The average Bonchev–Trinajstić information content (AvgIpc) is 2.96. The molecular formula is C27H48O4Si2. The molecule has 0 aromatic rings. The van der Waals surface area contributed by atoms with E-state index in [-0.39, 0.29) is 34.9 Å². The zero-order valence-electron chi connectivity index (χ0n) is 22.7. The van der Waals surface area contributed by atoms with Crippen LogP contribution in [0, 0.1) is 34.0 Å². The molecule has 4 saturated carbocycles. The number of esters is 1. The Morgan fingerprint density at radius 2 is 1.61 bits per heavy atom. The fraction of sp³-hybridized carbons (Fsp3) is 0.889. The van der Waals surface area contributed by atoms with Crippen molar-refractivity contribution in [2.24, 2.45) is 34.0 Å². The maximum atomic E-state index is 13.2. The summed E-state index contributed by atoms with van der Waals surface area (Å²) in [4.78, 5) is 13.2. The Kier molecular flexibility index (Phi) is 6.25. The molecule has 4 aliphatic carbocycles. The van der Waals surface area contributed by atoms with Crippen LogP contribution in [-0.4, -0.2) is 41.9 Å². The molecule has 4 aliphatic rings. The number of rotatable bonds is 5. The number of carbonyl (C=O) groups is 1. The highest BCUT2D eigenvalue weighted by Crippen LogP contribution is 2.73. The first kappa shape index (κ1) is 25.7. The highest BCUT2D eigenvalue weighted by atomic mass is 28.4. The second-order valence-electron chi connectivity index (χ2n) is 14.2. The molecule has 0 aromatic heterocycles. The number of methoxy groups -OCH3 is 1. The van der Waals surface area contributed by atoms with Crippen molar-refractivity contribution in [2.75, 3.05) is 7.11 Å². The van der Waals surface area contributed by atoms with Crippen molar-refractivity contribution in [3.8, 4) is 0 Å². The average molecular weight is 493 g/mol.